The first-order valence-corrected chi connectivity index (χ1v) is 8.33. The fraction of sp³-hybridized carbons (Fsp3) is 0.765. The van der Waals surface area contributed by atoms with Crippen molar-refractivity contribution in [3.8, 4) is 0 Å². The molecule has 4 unspecified atom stereocenters. The lowest BCUT2D eigenvalue weighted by Gasteiger charge is -2.40. The summed E-state index contributed by atoms with van der Waals surface area (Å²) in [5.41, 5.74) is 6.05. The largest absolute Gasteiger partial charge is 0.464 e. The first-order chi connectivity index (χ1) is 9.78. The van der Waals surface area contributed by atoms with Crippen LogP contribution in [0.3, 0.4) is 0 Å². The molecule has 110 valence electrons. The van der Waals surface area contributed by atoms with Crippen LogP contribution in [-0.2, 0) is 0 Å². The first-order valence-electron chi connectivity index (χ1n) is 8.33. The molecule has 3 heteroatoms. The summed E-state index contributed by atoms with van der Waals surface area (Å²) in [6.45, 7) is 4.32. The van der Waals surface area contributed by atoms with Crippen molar-refractivity contribution < 1.29 is 4.42 Å². The fourth-order valence-corrected chi connectivity index (χ4v) is 4.01. The Morgan fingerprint density at radius 3 is 2.65 bits per heavy atom. The molecule has 0 amide bonds. The predicted octanol–water partition coefficient (Wildman–Crippen LogP) is 3.28. The van der Waals surface area contributed by atoms with Crippen LogP contribution < -0.4 is 5.73 Å². The third-order valence-electron chi connectivity index (χ3n) is 5.53. The number of nitrogens with two attached hydrogens (primary N) is 1. The molecule has 4 rings (SSSR count). The standard InChI is InChI=1S/C17H26N2O/c1-11-9-14(11)15-6-7-16(20-15)17-12(10-18)3-2-8-19(17)13-4-5-13/h6-7,11-14,17H,2-5,8-10,18H2,1H3. The van der Waals surface area contributed by atoms with Gasteiger partial charge >= 0.3 is 0 Å². The van der Waals surface area contributed by atoms with Gasteiger partial charge in [-0.25, -0.2) is 0 Å². The van der Waals surface area contributed by atoms with Crippen LogP contribution in [0.25, 0.3) is 0 Å². The van der Waals surface area contributed by atoms with E-state index >= 15 is 0 Å². The summed E-state index contributed by atoms with van der Waals surface area (Å²) in [6, 6.07) is 5.68. The van der Waals surface area contributed by atoms with E-state index in [1.165, 1.54) is 50.2 Å². The van der Waals surface area contributed by atoms with E-state index < -0.39 is 0 Å². The second kappa shape index (κ2) is 4.88. The molecule has 20 heavy (non-hydrogen) atoms. The molecule has 2 saturated carbocycles. The summed E-state index contributed by atoms with van der Waals surface area (Å²) >= 11 is 0. The normalized spacial score (nSPS) is 38.1. The number of piperidine rings is 1. The molecule has 1 aliphatic heterocycles. The van der Waals surface area contributed by atoms with Crippen LogP contribution in [0.4, 0.5) is 0 Å². The molecule has 2 heterocycles. The van der Waals surface area contributed by atoms with E-state index in [1.54, 1.807) is 0 Å². The molecule has 1 aromatic heterocycles. The monoisotopic (exact) mass is 274 g/mol. The molecule has 4 atom stereocenters. The molecule has 0 radical (unpaired) electrons. The van der Waals surface area contributed by atoms with Gasteiger partial charge in [-0.1, -0.05) is 6.92 Å². The molecule has 1 saturated heterocycles. The Hall–Kier alpha value is -0.800. The molecule has 3 fully saturated rings. The summed E-state index contributed by atoms with van der Waals surface area (Å²) in [6.07, 6.45) is 6.56. The maximum atomic E-state index is 6.26. The first kappa shape index (κ1) is 12.9. The number of nitrogens with zero attached hydrogens (tertiary/aromatic N) is 1. The van der Waals surface area contributed by atoms with E-state index in [-0.39, 0.29) is 0 Å². The Labute approximate surface area is 121 Å². The molecular weight excluding hydrogens is 248 g/mol. The van der Waals surface area contributed by atoms with Gasteiger partial charge in [0.1, 0.15) is 11.5 Å². The minimum Gasteiger partial charge on any atom is -0.464 e. The zero-order chi connectivity index (χ0) is 13.7. The van der Waals surface area contributed by atoms with Crippen molar-refractivity contribution in [2.45, 2.75) is 57.0 Å². The lowest BCUT2D eigenvalue weighted by Crippen LogP contribution is -2.42. The van der Waals surface area contributed by atoms with Crippen LogP contribution in [0.1, 0.15) is 62.5 Å². The van der Waals surface area contributed by atoms with Gasteiger partial charge in [-0.2, -0.15) is 0 Å². The highest BCUT2D eigenvalue weighted by Gasteiger charge is 2.42. The lowest BCUT2D eigenvalue weighted by atomic mass is 9.87. The fourth-order valence-electron chi connectivity index (χ4n) is 4.01. The number of hydrogen-bond donors (Lipinski definition) is 1. The zero-order valence-corrected chi connectivity index (χ0v) is 12.4. The van der Waals surface area contributed by atoms with Crippen molar-refractivity contribution in [3.63, 3.8) is 0 Å². The van der Waals surface area contributed by atoms with E-state index in [4.69, 9.17) is 10.2 Å². The quantitative estimate of drug-likeness (QED) is 0.916. The van der Waals surface area contributed by atoms with Crippen molar-refractivity contribution in [3.05, 3.63) is 23.7 Å². The van der Waals surface area contributed by atoms with Crippen molar-refractivity contribution in [2.75, 3.05) is 13.1 Å². The predicted molar refractivity (Wildman–Crippen MR) is 79.5 cm³/mol. The molecule has 1 aromatic rings. The Morgan fingerprint density at radius 2 is 2.00 bits per heavy atom. The summed E-state index contributed by atoms with van der Waals surface area (Å²) in [5, 5.41) is 0. The van der Waals surface area contributed by atoms with E-state index in [0.717, 1.165) is 18.5 Å². The van der Waals surface area contributed by atoms with Crippen LogP contribution in [0.2, 0.25) is 0 Å². The van der Waals surface area contributed by atoms with Crippen LogP contribution in [0.5, 0.6) is 0 Å². The smallest absolute Gasteiger partial charge is 0.121 e. The van der Waals surface area contributed by atoms with Gasteiger partial charge in [0.05, 0.1) is 6.04 Å². The van der Waals surface area contributed by atoms with Gasteiger partial charge < -0.3 is 10.2 Å². The maximum Gasteiger partial charge on any atom is 0.121 e. The van der Waals surface area contributed by atoms with Crippen molar-refractivity contribution in [2.24, 2.45) is 17.6 Å². The van der Waals surface area contributed by atoms with Gasteiger partial charge in [0.2, 0.25) is 0 Å². The topological polar surface area (TPSA) is 42.4 Å². The summed E-state index contributed by atoms with van der Waals surface area (Å²) in [5.74, 6) is 4.45. The lowest BCUT2D eigenvalue weighted by molar-refractivity contribution is 0.0712. The molecule has 2 aliphatic carbocycles. The van der Waals surface area contributed by atoms with Gasteiger partial charge in [0.15, 0.2) is 0 Å². The highest BCUT2D eigenvalue weighted by atomic mass is 16.3. The van der Waals surface area contributed by atoms with Crippen LogP contribution in [0, 0.1) is 11.8 Å². The average molecular weight is 274 g/mol. The third kappa shape index (κ3) is 2.21. The Morgan fingerprint density at radius 1 is 1.25 bits per heavy atom. The van der Waals surface area contributed by atoms with Gasteiger partial charge in [0.25, 0.3) is 0 Å². The SMILES string of the molecule is CC1CC1c1ccc(C2C(CN)CCCN2C2CC2)o1. The molecule has 3 aliphatic rings. The van der Waals surface area contributed by atoms with Gasteiger partial charge in [-0.15, -0.1) is 0 Å². The Balaban J connectivity index is 1.60. The highest BCUT2D eigenvalue weighted by Crippen LogP contribution is 2.49. The summed E-state index contributed by atoms with van der Waals surface area (Å²) in [7, 11) is 0. The zero-order valence-electron chi connectivity index (χ0n) is 12.4. The third-order valence-corrected chi connectivity index (χ3v) is 5.53. The van der Waals surface area contributed by atoms with Crippen molar-refractivity contribution in [1.29, 1.82) is 0 Å². The van der Waals surface area contributed by atoms with Crippen molar-refractivity contribution in [1.82, 2.24) is 4.90 Å². The minimum absolute atomic E-state index is 0.434. The molecule has 0 aromatic carbocycles. The van der Waals surface area contributed by atoms with Gasteiger partial charge in [-0.05, 0) is 69.2 Å². The Bertz CT molecular complexity index is 479. The summed E-state index contributed by atoms with van der Waals surface area (Å²) in [4.78, 5) is 2.68. The summed E-state index contributed by atoms with van der Waals surface area (Å²) < 4.78 is 6.26. The van der Waals surface area contributed by atoms with Crippen LogP contribution in [-0.4, -0.2) is 24.0 Å². The molecular formula is C17H26N2O. The Kier molecular flexibility index (Phi) is 3.15. The van der Waals surface area contributed by atoms with E-state index in [2.05, 4.69) is 24.0 Å². The van der Waals surface area contributed by atoms with Gasteiger partial charge in [-0.3, -0.25) is 4.90 Å². The minimum atomic E-state index is 0.434. The van der Waals surface area contributed by atoms with E-state index in [0.29, 0.717) is 17.9 Å². The number of rotatable bonds is 4. The highest BCUT2D eigenvalue weighted by molar-refractivity contribution is 5.20. The number of likely N-dealkylation sites (tertiary alicyclic amines) is 1. The van der Waals surface area contributed by atoms with E-state index in [1.807, 2.05) is 0 Å². The second-order valence-electron chi connectivity index (χ2n) is 7.11. The maximum absolute atomic E-state index is 6.26. The van der Waals surface area contributed by atoms with Crippen LogP contribution >= 0.6 is 0 Å². The average Bonchev–Trinajstić information content (AvgIpc) is 3.38. The molecule has 3 nitrogen and oxygen atoms in total. The number of furan rings is 1. The second-order valence-corrected chi connectivity index (χ2v) is 7.11. The number of hydrogen-bond acceptors (Lipinski definition) is 3. The van der Waals surface area contributed by atoms with Crippen LogP contribution in [0.15, 0.2) is 16.5 Å². The molecule has 0 spiro atoms. The van der Waals surface area contributed by atoms with Gasteiger partial charge in [0, 0.05) is 12.0 Å². The van der Waals surface area contributed by atoms with Crippen molar-refractivity contribution >= 4 is 0 Å². The van der Waals surface area contributed by atoms with E-state index in [9.17, 15) is 0 Å². The molecule has 2 N–H and O–H groups in total. The molecule has 0 bridgehead atoms.